The van der Waals surface area contributed by atoms with Gasteiger partial charge >= 0.3 is 0 Å². The third-order valence-electron chi connectivity index (χ3n) is 6.30. The molecule has 13 heteroatoms. The summed E-state index contributed by atoms with van der Waals surface area (Å²) in [6.45, 7) is 1.66. The van der Waals surface area contributed by atoms with Crippen LogP contribution in [0.15, 0.2) is 66.0 Å². The zero-order valence-electron chi connectivity index (χ0n) is 24.4. The predicted octanol–water partition coefficient (Wildman–Crippen LogP) is 1.50. The molecule has 236 valence electrons. The van der Waals surface area contributed by atoms with E-state index in [1.54, 1.807) is 11.3 Å². The van der Waals surface area contributed by atoms with Crippen molar-refractivity contribution in [1.29, 1.82) is 0 Å². The Morgan fingerprint density at radius 2 is 1.55 bits per heavy atom. The number of aliphatic hydroxyl groups is 1. The molecule has 0 radical (unpaired) electrons. The van der Waals surface area contributed by atoms with E-state index in [1.807, 2.05) is 42.5 Å². The van der Waals surface area contributed by atoms with Gasteiger partial charge in [-0.25, -0.2) is 0 Å². The summed E-state index contributed by atoms with van der Waals surface area (Å²) in [5, 5.41) is 25.5. The quantitative estimate of drug-likeness (QED) is 0.0672. The van der Waals surface area contributed by atoms with E-state index >= 15 is 0 Å². The molecule has 3 rings (SSSR count). The lowest BCUT2D eigenvalue weighted by molar-refractivity contribution is -0.128. The number of benzene rings is 2. The van der Waals surface area contributed by atoms with E-state index in [1.165, 1.54) is 16.0 Å². The van der Waals surface area contributed by atoms with Crippen molar-refractivity contribution in [2.24, 2.45) is 0 Å². The molecule has 0 aliphatic rings. The summed E-state index contributed by atoms with van der Waals surface area (Å²) in [6, 6.07) is 18.6. The van der Waals surface area contributed by atoms with Crippen LogP contribution in [0, 0.1) is 6.92 Å². The van der Waals surface area contributed by atoms with Gasteiger partial charge in [0.05, 0.1) is 37.6 Å². The van der Waals surface area contributed by atoms with Crippen molar-refractivity contribution >= 4 is 50.9 Å². The first-order chi connectivity index (χ1) is 21.2. The summed E-state index contributed by atoms with van der Waals surface area (Å²) in [5.74, 6) is -1.78. The lowest BCUT2D eigenvalue weighted by atomic mass is 10.1. The fourth-order valence-electron chi connectivity index (χ4n) is 4.06. The first-order valence-electron chi connectivity index (χ1n) is 14.0. The van der Waals surface area contributed by atoms with E-state index in [4.69, 9.17) is 4.74 Å². The van der Waals surface area contributed by atoms with Crippen LogP contribution in [-0.2, 0) is 43.4 Å². The standard InChI is InChI=1S/C31H38BrN5O6S/c1-21-11-25(44-19-21)12-23-7-9-24(10-8-23)18-43-20-36-29(40)16-35-31(42)26(13-22-5-3-2-4-6-22)37-30(41)17-34-28(39)15-33-27(38)14-32/h2-11,19,26,30,37,41H,12-18,20H2,1H3,(H,33,38)(H,34,39)(H,35,42)(H,36,40)/t26-,30?/m0/s1. The first kappa shape index (κ1) is 34.9. The topological polar surface area (TPSA) is 158 Å². The van der Waals surface area contributed by atoms with Crippen LogP contribution in [0.4, 0.5) is 0 Å². The van der Waals surface area contributed by atoms with E-state index in [9.17, 15) is 24.3 Å². The fourth-order valence-corrected chi connectivity index (χ4v) is 5.17. The minimum Gasteiger partial charge on any atom is -0.377 e. The fraction of sp³-hybridized carbons (Fsp3) is 0.355. The molecule has 0 aliphatic carbocycles. The summed E-state index contributed by atoms with van der Waals surface area (Å²) in [7, 11) is 0. The van der Waals surface area contributed by atoms with Crippen LogP contribution < -0.4 is 26.6 Å². The maximum absolute atomic E-state index is 13.0. The molecule has 0 aliphatic heterocycles. The minimum absolute atomic E-state index is 0.0227. The van der Waals surface area contributed by atoms with E-state index < -0.39 is 30.0 Å². The molecule has 0 saturated carbocycles. The van der Waals surface area contributed by atoms with Gasteiger partial charge in [0.15, 0.2) is 0 Å². The van der Waals surface area contributed by atoms with Crippen molar-refractivity contribution in [1.82, 2.24) is 26.6 Å². The average molecular weight is 689 g/mol. The monoisotopic (exact) mass is 687 g/mol. The molecule has 1 aromatic heterocycles. The SMILES string of the molecule is Cc1csc(Cc2ccc(COCNC(=O)CNC(=O)[C@H](Cc3ccccc3)NC(O)CNC(=O)CNC(=O)CBr)cc2)c1. The number of hydrogen-bond donors (Lipinski definition) is 6. The molecule has 44 heavy (non-hydrogen) atoms. The summed E-state index contributed by atoms with van der Waals surface area (Å²) >= 11 is 4.74. The number of hydrogen-bond acceptors (Lipinski definition) is 8. The molecule has 3 aromatic rings. The molecule has 1 heterocycles. The molecule has 4 amide bonds. The van der Waals surface area contributed by atoms with Crippen molar-refractivity contribution in [3.8, 4) is 0 Å². The Hall–Kier alpha value is -3.62. The van der Waals surface area contributed by atoms with Crippen molar-refractivity contribution in [3.05, 3.63) is 93.2 Å². The van der Waals surface area contributed by atoms with E-state index in [2.05, 4.69) is 73.0 Å². The minimum atomic E-state index is -1.26. The molecule has 0 spiro atoms. The number of ether oxygens (including phenoxy) is 1. The Labute approximate surface area is 269 Å². The number of aryl methyl sites for hydroxylation is 1. The number of carbonyl (C=O) groups excluding carboxylic acids is 4. The molecule has 1 unspecified atom stereocenters. The van der Waals surface area contributed by atoms with Gasteiger partial charge in [-0.1, -0.05) is 70.5 Å². The van der Waals surface area contributed by atoms with Crippen LogP contribution in [0.5, 0.6) is 0 Å². The number of halogens is 1. The number of amides is 4. The van der Waals surface area contributed by atoms with E-state index in [0.29, 0.717) is 6.61 Å². The van der Waals surface area contributed by atoms with Gasteiger partial charge in [0.25, 0.3) is 0 Å². The first-order valence-corrected chi connectivity index (χ1v) is 16.0. The van der Waals surface area contributed by atoms with Gasteiger partial charge in [0.1, 0.15) is 13.0 Å². The van der Waals surface area contributed by atoms with Crippen molar-refractivity contribution in [2.75, 3.05) is 31.7 Å². The Morgan fingerprint density at radius 3 is 2.23 bits per heavy atom. The third kappa shape index (κ3) is 13.3. The van der Waals surface area contributed by atoms with Gasteiger partial charge in [0, 0.05) is 11.3 Å². The molecule has 0 bridgehead atoms. The third-order valence-corrected chi connectivity index (χ3v) is 7.87. The summed E-state index contributed by atoms with van der Waals surface area (Å²) in [5.41, 5.74) is 4.30. The number of alkyl halides is 1. The van der Waals surface area contributed by atoms with Gasteiger partial charge in [-0.2, -0.15) is 0 Å². The molecule has 0 fully saturated rings. The Morgan fingerprint density at radius 1 is 0.864 bits per heavy atom. The Balaban J connectivity index is 1.39. The zero-order valence-corrected chi connectivity index (χ0v) is 26.8. The molecule has 2 atom stereocenters. The molecule has 2 aromatic carbocycles. The lowest BCUT2D eigenvalue weighted by Gasteiger charge is -2.22. The van der Waals surface area contributed by atoms with Crippen LogP contribution in [0.3, 0.4) is 0 Å². The number of carbonyl (C=O) groups is 4. The zero-order chi connectivity index (χ0) is 31.7. The molecular formula is C31H38BrN5O6S. The normalized spacial score (nSPS) is 12.2. The number of rotatable bonds is 18. The van der Waals surface area contributed by atoms with E-state index in [0.717, 1.165) is 17.5 Å². The van der Waals surface area contributed by atoms with Crippen LogP contribution in [0.2, 0.25) is 0 Å². The lowest BCUT2D eigenvalue weighted by Crippen LogP contribution is -2.54. The Kier molecular flexibility index (Phi) is 15.0. The van der Waals surface area contributed by atoms with Crippen molar-refractivity contribution < 1.29 is 29.0 Å². The van der Waals surface area contributed by atoms with Crippen molar-refractivity contribution in [3.63, 3.8) is 0 Å². The summed E-state index contributed by atoms with van der Waals surface area (Å²) in [4.78, 5) is 49.8. The van der Waals surface area contributed by atoms with Gasteiger partial charge in [-0.05, 0) is 47.0 Å². The maximum Gasteiger partial charge on any atom is 0.241 e. The highest BCUT2D eigenvalue weighted by Crippen LogP contribution is 2.18. The number of nitrogens with one attached hydrogen (secondary N) is 5. The van der Waals surface area contributed by atoms with E-state index in [-0.39, 0.29) is 44.0 Å². The molecular weight excluding hydrogens is 650 g/mol. The van der Waals surface area contributed by atoms with Crippen LogP contribution >= 0.6 is 27.3 Å². The van der Waals surface area contributed by atoms with Crippen LogP contribution in [0.25, 0.3) is 0 Å². The second-order valence-corrected chi connectivity index (χ2v) is 11.6. The van der Waals surface area contributed by atoms with Gasteiger partial charge in [-0.3, -0.25) is 24.5 Å². The second kappa shape index (κ2) is 18.9. The molecule has 11 nitrogen and oxygen atoms in total. The molecule has 0 saturated heterocycles. The highest BCUT2D eigenvalue weighted by molar-refractivity contribution is 9.09. The highest BCUT2D eigenvalue weighted by Gasteiger charge is 2.22. The number of thiophene rings is 1. The van der Waals surface area contributed by atoms with Gasteiger partial charge in [-0.15, -0.1) is 11.3 Å². The maximum atomic E-state index is 13.0. The highest BCUT2D eigenvalue weighted by atomic mass is 79.9. The smallest absolute Gasteiger partial charge is 0.241 e. The van der Waals surface area contributed by atoms with Crippen LogP contribution in [-0.4, -0.2) is 72.7 Å². The largest absolute Gasteiger partial charge is 0.377 e. The number of aliphatic hydroxyl groups excluding tert-OH is 1. The Bertz CT molecular complexity index is 1360. The van der Waals surface area contributed by atoms with Crippen LogP contribution in [0.1, 0.15) is 27.1 Å². The van der Waals surface area contributed by atoms with Gasteiger partial charge < -0.3 is 31.1 Å². The summed E-state index contributed by atoms with van der Waals surface area (Å²) < 4.78 is 5.57. The average Bonchev–Trinajstić information content (AvgIpc) is 3.44. The molecule has 6 N–H and O–H groups in total. The second-order valence-electron chi connectivity index (χ2n) is 10.0. The van der Waals surface area contributed by atoms with Crippen molar-refractivity contribution in [2.45, 2.75) is 38.6 Å². The predicted molar refractivity (Wildman–Crippen MR) is 172 cm³/mol. The summed E-state index contributed by atoms with van der Waals surface area (Å²) in [6.07, 6.45) is -0.145. The van der Waals surface area contributed by atoms with Gasteiger partial charge in [0.2, 0.25) is 23.6 Å².